The van der Waals surface area contributed by atoms with Crippen molar-refractivity contribution in [2.45, 2.75) is 70.6 Å². The molecule has 0 aromatic heterocycles. The van der Waals surface area contributed by atoms with Crippen LogP contribution in [0.15, 0.2) is 23.1 Å². The van der Waals surface area contributed by atoms with E-state index in [1.807, 2.05) is 13.8 Å². The summed E-state index contributed by atoms with van der Waals surface area (Å²) in [5.74, 6) is -0.288. The van der Waals surface area contributed by atoms with Gasteiger partial charge in [0.25, 0.3) is 0 Å². The zero-order valence-corrected chi connectivity index (χ0v) is 19.9. The predicted octanol–water partition coefficient (Wildman–Crippen LogP) is 2.91. The number of nitrogens with one attached hydrogen (secondary N) is 2. The van der Waals surface area contributed by atoms with E-state index in [4.69, 9.17) is 0 Å². The summed E-state index contributed by atoms with van der Waals surface area (Å²) in [6, 6.07) is 4.98. The molecule has 1 heterocycles. The van der Waals surface area contributed by atoms with Gasteiger partial charge in [-0.1, -0.05) is 32.3 Å². The zero-order valence-electron chi connectivity index (χ0n) is 19.1. The quantitative estimate of drug-likeness (QED) is 0.506. The Hall–Kier alpha value is -1.93. The van der Waals surface area contributed by atoms with Gasteiger partial charge in [-0.2, -0.15) is 0 Å². The van der Waals surface area contributed by atoms with Gasteiger partial charge in [0.15, 0.2) is 0 Å². The van der Waals surface area contributed by atoms with Crippen LogP contribution >= 0.6 is 0 Å². The summed E-state index contributed by atoms with van der Waals surface area (Å²) in [7, 11) is -3.65. The van der Waals surface area contributed by atoms with E-state index in [0.717, 1.165) is 43.2 Å². The Labute approximate surface area is 187 Å². The second-order valence-electron chi connectivity index (χ2n) is 8.42. The molecular formula is C23H37N3O4S. The molecule has 1 aromatic rings. The highest BCUT2D eigenvalue weighted by atomic mass is 32.2. The highest BCUT2D eigenvalue weighted by molar-refractivity contribution is 7.89. The summed E-state index contributed by atoms with van der Waals surface area (Å²) >= 11 is 0. The van der Waals surface area contributed by atoms with E-state index in [1.165, 1.54) is 6.42 Å². The van der Waals surface area contributed by atoms with Crippen LogP contribution in [-0.4, -0.2) is 51.3 Å². The molecule has 0 radical (unpaired) electrons. The van der Waals surface area contributed by atoms with E-state index in [0.29, 0.717) is 19.6 Å². The number of carbonyl (C=O) groups excluding carboxylic acids is 2. The number of benzene rings is 1. The first-order valence-corrected chi connectivity index (χ1v) is 12.9. The first-order valence-electron chi connectivity index (χ1n) is 11.4. The van der Waals surface area contributed by atoms with Crippen molar-refractivity contribution >= 4 is 21.8 Å². The van der Waals surface area contributed by atoms with Gasteiger partial charge < -0.3 is 10.2 Å². The number of carbonyl (C=O) groups is 2. The van der Waals surface area contributed by atoms with Crippen LogP contribution in [0.1, 0.15) is 63.0 Å². The molecule has 7 nitrogen and oxygen atoms in total. The number of unbranched alkanes of at least 4 members (excludes halogenated alkanes) is 3. The summed E-state index contributed by atoms with van der Waals surface area (Å²) in [6.45, 7) is 7.69. The molecule has 0 spiro atoms. The topological polar surface area (TPSA) is 95.6 Å². The van der Waals surface area contributed by atoms with E-state index in [-0.39, 0.29) is 35.6 Å². The fourth-order valence-corrected chi connectivity index (χ4v) is 4.86. The van der Waals surface area contributed by atoms with Crippen molar-refractivity contribution in [3.8, 4) is 0 Å². The molecule has 1 aromatic carbocycles. The fourth-order valence-electron chi connectivity index (χ4n) is 3.74. The maximum Gasteiger partial charge on any atom is 0.240 e. The lowest BCUT2D eigenvalue weighted by Gasteiger charge is -2.32. The molecule has 2 N–H and O–H groups in total. The largest absolute Gasteiger partial charge is 0.356 e. The summed E-state index contributed by atoms with van der Waals surface area (Å²) in [6.07, 6.45) is 6.08. The van der Waals surface area contributed by atoms with Gasteiger partial charge in [-0.3, -0.25) is 9.59 Å². The molecule has 8 heteroatoms. The molecular weight excluding hydrogens is 414 g/mol. The third-order valence-corrected chi connectivity index (χ3v) is 7.35. The summed E-state index contributed by atoms with van der Waals surface area (Å²) < 4.78 is 27.5. The van der Waals surface area contributed by atoms with Crippen molar-refractivity contribution in [2.75, 3.05) is 26.2 Å². The summed E-state index contributed by atoms with van der Waals surface area (Å²) in [5.41, 5.74) is 1.93. The number of hydrogen-bond acceptors (Lipinski definition) is 4. The molecule has 1 fully saturated rings. The minimum Gasteiger partial charge on any atom is -0.356 e. The van der Waals surface area contributed by atoms with Crippen molar-refractivity contribution in [3.63, 3.8) is 0 Å². The predicted molar refractivity (Wildman–Crippen MR) is 122 cm³/mol. The Morgan fingerprint density at radius 3 is 2.58 bits per heavy atom. The zero-order chi connectivity index (χ0) is 22.9. The number of nitrogens with zero attached hydrogens (tertiary/aromatic N) is 1. The van der Waals surface area contributed by atoms with Gasteiger partial charge in [0, 0.05) is 32.6 Å². The molecule has 0 bridgehead atoms. The average molecular weight is 452 g/mol. The molecule has 0 aliphatic carbocycles. The first kappa shape index (κ1) is 25.3. The van der Waals surface area contributed by atoms with Crippen molar-refractivity contribution in [1.82, 2.24) is 14.9 Å². The molecule has 2 amide bonds. The molecule has 0 saturated carbocycles. The summed E-state index contributed by atoms with van der Waals surface area (Å²) in [4.78, 5) is 26.9. The first-order chi connectivity index (χ1) is 14.7. The monoisotopic (exact) mass is 451 g/mol. The van der Waals surface area contributed by atoms with Crippen molar-refractivity contribution in [1.29, 1.82) is 0 Å². The SMILES string of the molecule is CCCCCCNC(=O)C1CCCN(C(=O)CCNS(=O)(=O)c2ccc(C)c(C)c2)C1. The highest BCUT2D eigenvalue weighted by Gasteiger charge is 2.28. The van der Waals surface area contributed by atoms with Crippen LogP contribution in [-0.2, 0) is 19.6 Å². The van der Waals surface area contributed by atoms with Gasteiger partial charge in [-0.05, 0) is 56.4 Å². The normalized spacial score (nSPS) is 16.9. The van der Waals surface area contributed by atoms with Crippen LogP contribution in [0, 0.1) is 19.8 Å². The highest BCUT2D eigenvalue weighted by Crippen LogP contribution is 2.18. The number of amides is 2. The molecule has 1 unspecified atom stereocenters. The lowest BCUT2D eigenvalue weighted by atomic mass is 9.96. The number of hydrogen-bond donors (Lipinski definition) is 2. The lowest BCUT2D eigenvalue weighted by molar-refractivity contribution is -0.135. The van der Waals surface area contributed by atoms with Crippen molar-refractivity contribution in [2.24, 2.45) is 5.92 Å². The van der Waals surface area contributed by atoms with Gasteiger partial charge in [0.2, 0.25) is 21.8 Å². The second-order valence-corrected chi connectivity index (χ2v) is 10.2. The van der Waals surface area contributed by atoms with Gasteiger partial charge in [-0.15, -0.1) is 0 Å². The fraction of sp³-hybridized carbons (Fsp3) is 0.652. The summed E-state index contributed by atoms with van der Waals surface area (Å²) in [5, 5.41) is 2.99. The van der Waals surface area contributed by atoms with Gasteiger partial charge in [0.1, 0.15) is 0 Å². The number of piperidine rings is 1. The number of rotatable bonds is 11. The standard InChI is InChI=1S/C23H37N3O4S/c1-4-5-6-7-13-24-23(28)20-9-8-15-26(17-20)22(27)12-14-25-31(29,30)21-11-10-18(2)19(3)16-21/h10-11,16,20,25H,4-9,12-15,17H2,1-3H3,(H,24,28). The molecule has 1 aliphatic rings. The molecule has 1 saturated heterocycles. The van der Waals surface area contributed by atoms with Crippen LogP contribution in [0.25, 0.3) is 0 Å². The molecule has 1 atom stereocenters. The number of likely N-dealkylation sites (tertiary alicyclic amines) is 1. The van der Waals surface area contributed by atoms with E-state index >= 15 is 0 Å². The maximum atomic E-state index is 12.6. The molecule has 1 aliphatic heterocycles. The molecule has 2 rings (SSSR count). The lowest BCUT2D eigenvalue weighted by Crippen LogP contribution is -2.46. The minimum atomic E-state index is -3.65. The van der Waals surface area contributed by atoms with Crippen molar-refractivity contribution < 1.29 is 18.0 Å². The number of aryl methyl sites for hydroxylation is 2. The Morgan fingerprint density at radius 2 is 1.87 bits per heavy atom. The van der Waals surface area contributed by atoms with Crippen LogP contribution < -0.4 is 10.0 Å². The Bertz CT molecular complexity index is 854. The van der Waals surface area contributed by atoms with Crippen LogP contribution in [0.4, 0.5) is 0 Å². The van der Waals surface area contributed by atoms with Crippen LogP contribution in [0.5, 0.6) is 0 Å². The average Bonchev–Trinajstić information content (AvgIpc) is 2.75. The van der Waals surface area contributed by atoms with Crippen LogP contribution in [0.3, 0.4) is 0 Å². The molecule has 31 heavy (non-hydrogen) atoms. The maximum absolute atomic E-state index is 12.6. The molecule has 174 valence electrons. The minimum absolute atomic E-state index is 0.0180. The van der Waals surface area contributed by atoms with E-state index < -0.39 is 10.0 Å². The van der Waals surface area contributed by atoms with E-state index in [1.54, 1.807) is 23.1 Å². The Balaban J connectivity index is 1.78. The van der Waals surface area contributed by atoms with Gasteiger partial charge in [-0.25, -0.2) is 13.1 Å². The second kappa shape index (κ2) is 12.2. The van der Waals surface area contributed by atoms with Crippen LogP contribution in [0.2, 0.25) is 0 Å². The van der Waals surface area contributed by atoms with E-state index in [9.17, 15) is 18.0 Å². The van der Waals surface area contributed by atoms with E-state index in [2.05, 4.69) is 17.0 Å². The third kappa shape index (κ3) is 7.92. The van der Waals surface area contributed by atoms with Gasteiger partial charge in [0.05, 0.1) is 10.8 Å². The number of sulfonamides is 1. The Morgan fingerprint density at radius 1 is 1.10 bits per heavy atom. The van der Waals surface area contributed by atoms with Gasteiger partial charge >= 0.3 is 0 Å². The smallest absolute Gasteiger partial charge is 0.240 e. The third-order valence-electron chi connectivity index (χ3n) is 5.89. The Kier molecular flexibility index (Phi) is 9.96. The van der Waals surface area contributed by atoms with Crippen molar-refractivity contribution in [3.05, 3.63) is 29.3 Å².